The summed E-state index contributed by atoms with van der Waals surface area (Å²) in [6.07, 6.45) is 14.3. The average Bonchev–Trinajstić information content (AvgIpc) is 2.32. The first-order chi connectivity index (χ1) is 8.60. The second kappa shape index (κ2) is 12.1. The lowest BCUT2D eigenvalue weighted by Gasteiger charge is -2.20. The third-order valence-electron chi connectivity index (χ3n) is 4.13. The summed E-state index contributed by atoms with van der Waals surface area (Å²) in [5.41, 5.74) is 0. The maximum Gasteiger partial charge on any atom is -0.0412 e. The van der Waals surface area contributed by atoms with Gasteiger partial charge in [0.2, 0.25) is 0 Å². The van der Waals surface area contributed by atoms with Crippen LogP contribution in [0.1, 0.15) is 98.8 Å². The van der Waals surface area contributed by atoms with Crippen LogP contribution < -0.4 is 0 Å². The van der Waals surface area contributed by atoms with Gasteiger partial charge in [0.15, 0.2) is 0 Å². The molecule has 0 aliphatic rings. The topological polar surface area (TPSA) is 0 Å². The van der Waals surface area contributed by atoms with E-state index in [1.807, 2.05) is 0 Å². The molecule has 18 heavy (non-hydrogen) atoms. The van der Waals surface area contributed by atoms with Gasteiger partial charge in [0, 0.05) is 0 Å². The first-order valence-corrected chi connectivity index (χ1v) is 8.60. The average molecular weight is 255 g/mol. The maximum absolute atomic E-state index is 2.46. The van der Waals surface area contributed by atoms with Crippen molar-refractivity contribution in [3.8, 4) is 0 Å². The minimum atomic E-state index is 0.887. The number of hydrogen-bond donors (Lipinski definition) is 0. The van der Waals surface area contributed by atoms with Crippen LogP contribution in [0.2, 0.25) is 0 Å². The number of unbranched alkanes of at least 4 members (excludes halogenated alkanes) is 2. The lowest BCUT2D eigenvalue weighted by molar-refractivity contribution is 0.319. The fraction of sp³-hybridized carbons (Fsp3) is 1.00. The first-order valence-electron chi connectivity index (χ1n) is 8.60. The molecule has 0 aromatic rings. The van der Waals surface area contributed by atoms with Gasteiger partial charge in [0.25, 0.3) is 0 Å². The molecule has 0 aliphatic heterocycles. The first kappa shape index (κ1) is 18.0. The predicted molar refractivity (Wildman–Crippen MR) is 85.0 cm³/mol. The lowest BCUT2D eigenvalue weighted by atomic mass is 9.85. The minimum absolute atomic E-state index is 0.887. The van der Waals surface area contributed by atoms with Crippen molar-refractivity contribution >= 4 is 0 Å². The van der Waals surface area contributed by atoms with Gasteiger partial charge in [-0.1, -0.05) is 92.4 Å². The van der Waals surface area contributed by atoms with Gasteiger partial charge in [0.05, 0.1) is 0 Å². The van der Waals surface area contributed by atoms with Crippen LogP contribution in [0, 0.1) is 17.8 Å². The molecular weight excluding hydrogens is 216 g/mol. The smallest absolute Gasteiger partial charge is 0.0412 e. The molecule has 0 nitrogen and oxygen atoms in total. The van der Waals surface area contributed by atoms with Crippen molar-refractivity contribution in [3.63, 3.8) is 0 Å². The van der Waals surface area contributed by atoms with Crippen LogP contribution in [-0.4, -0.2) is 0 Å². The Kier molecular flexibility index (Phi) is 12.1. The van der Waals surface area contributed by atoms with Gasteiger partial charge in [-0.05, 0) is 24.2 Å². The van der Waals surface area contributed by atoms with E-state index in [4.69, 9.17) is 0 Å². The van der Waals surface area contributed by atoms with E-state index in [1.165, 1.54) is 64.2 Å². The molecule has 0 aromatic heterocycles. The van der Waals surface area contributed by atoms with E-state index in [-0.39, 0.29) is 0 Å². The standard InChI is InChI=1S/C18H38/c1-6-8-13-17(5)15-18(11-7-2)14-10-9-12-16(3)4/h16-18H,6-15H2,1-5H3. The molecule has 0 spiro atoms. The Morgan fingerprint density at radius 1 is 0.667 bits per heavy atom. The molecule has 0 fully saturated rings. The summed E-state index contributed by atoms with van der Waals surface area (Å²) >= 11 is 0. The zero-order valence-electron chi connectivity index (χ0n) is 13.8. The van der Waals surface area contributed by atoms with Crippen molar-refractivity contribution in [1.82, 2.24) is 0 Å². The molecule has 0 saturated heterocycles. The fourth-order valence-corrected chi connectivity index (χ4v) is 3.01. The van der Waals surface area contributed by atoms with Gasteiger partial charge in [-0.3, -0.25) is 0 Å². The van der Waals surface area contributed by atoms with Crippen LogP contribution >= 0.6 is 0 Å². The molecule has 0 aromatic carbocycles. The normalized spacial score (nSPS) is 15.0. The number of rotatable bonds is 12. The van der Waals surface area contributed by atoms with E-state index < -0.39 is 0 Å². The van der Waals surface area contributed by atoms with Crippen molar-refractivity contribution in [2.24, 2.45) is 17.8 Å². The summed E-state index contributed by atoms with van der Waals surface area (Å²) in [5.74, 6) is 2.85. The molecule has 0 heterocycles. The minimum Gasteiger partial charge on any atom is -0.0654 e. The zero-order chi connectivity index (χ0) is 13.8. The maximum atomic E-state index is 2.46. The molecular formula is C18H38. The van der Waals surface area contributed by atoms with Crippen LogP contribution in [0.4, 0.5) is 0 Å². The highest BCUT2D eigenvalue weighted by Crippen LogP contribution is 2.26. The van der Waals surface area contributed by atoms with Crippen molar-refractivity contribution in [1.29, 1.82) is 0 Å². The van der Waals surface area contributed by atoms with Gasteiger partial charge < -0.3 is 0 Å². The van der Waals surface area contributed by atoms with Gasteiger partial charge >= 0.3 is 0 Å². The molecule has 0 saturated carbocycles. The Morgan fingerprint density at radius 2 is 1.33 bits per heavy atom. The van der Waals surface area contributed by atoms with Crippen LogP contribution in [-0.2, 0) is 0 Å². The second-order valence-corrected chi connectivity index (χ2v) is 6.82. The summed E-state index contributed by atoms with van der Waals surface area (Å²) in [5, 5.41) is 0. The summed E-state index contributed by atoms with van der Waals surface area (Å²) in [7, 11) is 0. The third kappa shape index (κ3) is 11.1. The van der Waals surface area contributed by atoms with E-state index in [1.54, 1.807) is 0 Å². The Labute approximate surface area is 117 Å². The van der Waals surface area contributed by atoms with Crippen LogP contribution in [0.5, 0.6) is 0 Å². The lowest BCUT2D eigenvalue weighted by Crippen LogP contribution is -2.07. The molecule has 2 atom stereocenters. The van der Waals surface area contributed by atoms with Crippen LogP contribution in [0.15, 0.2) is 0 Å². The van der Waals surface area contributed by atoms with E-state index in [0.717, 1.165) is 17.8 Å². The molecule has 0 radical (unpaired) electrons. The second-order valence-electron chi connectivity index (χ2n) is 6.82. The van der Waals surface area contributed by atoms with E-state index in [0.29, 0.717) is 0 Å². The van der Waals surface area contributed by atoms with Gasteiger partial charge in [-0.15, -0.1) is 0 Å². The molecule has 110 valence electrons. The predicted octanol–water partition coefficient (Wildman–Crippen LogP) is 6.84. The molecule has 0 rings (SSSR count). The largest absolute Gasteiger partial charge is 0.0654 e. The van der Waals surface area contributed by atoms with Crippen molar-refractivity contribution in [3.05, 3.63) is 0 Å². The highest BCUT2D eigenvalue weighted by molar-refractivity contribution is 4.64. The Balaban J connectivity index is 3.76. The van der Waals surface area contributed by atoms with Crippen LogP contribution in [0.25, 0.3) is 0 Å². The molecule has 0 N–H and O–H groups in total. The summed E-state index contributed by atoms with van der Waals surface area (Å²) < 4.78 is 0. The van der Waals surface area contributed by atoms with E-state index in [9.17, 15) is 0 Å². The van der Waals surface area contributed by atoms with Gasteiger partial charge in [-0.2, -0.15) is 0 Å². The fourth-order valence-electron chi connectivity index (χ4n) is 3.01. The van der Waals surface area contributed by atoms with E-state index >= 15 is 0 Å². The summed E-state index contributed by atoms with van der Waals surface area (Å²) in [6, 6.07) is 0. The highest BCUT2D eigenvalue weighted by atomic mass is 14.2. The zero-order valence-corrected chi connectivity index (χ0v) is 13.8. The number of hydrogen-bond acceptors (Lipinski definition) is 0. The monoisotopic (exact) mass is 254 g/mol. The Hall–Kier alpha value is 0. The highest BCUT2D eigenvalue weighted by Gasteiger charge is 2.12. The molecule has 2 unspecified atom stereocenters. The SMILES string of the molecule is CCCCC(C)CC(CCC)CCCCC(C)C. The van der Waals surface area contributed by atoms with Gasteiger partial charge in [0.1, 0.15) is 0 Å². The molecule has 0 aliphatic carbocycles. The van der Waals surface area contributed by atoms with Crippen LogP contribution in [0.3, 0.4) is 0 Å². The molecule has 0 bridgehead atoms. The molecule has 0 amide bonds. The van der Waals surface area contributed by atoms with Gasteiger partial charge in [-0.25, -0.2) is 0 Å². The Morgan fingerprint density at radius 3 is 1.89 bits per heavy atom. The Bertz CT molecular complexity index is 159. The van der Waals surface area contributed by atoms with E-state index in [2.05, 4.69) is 34.6 Å². The third-order valence-corrected chi connectivity index (χ3v) is 4.13. The summed E-state index contributed by atoms with van der Waals surface area (Å²) in [4.78, 5) is 0. The quantitative estimate of drug-likeness (QED) is 0.335. The van der Waals surface area contributed by atoms with Crippen molar-refractivity contribution in [2.45, 2.75) is 98.8 Å². The molecule has 0 heteroatoms. The summed E-state index contributed by atoms with van der Waals surface area (Å²) in [6.45, 7) is 11.8. The van der Waals surface area contributed by atoms with Crippen molar-refractivity contribution in [2.75, 3.05) is 0 Å². The van der Waals surface area contributed by atoms with Crippen molar-refractivity contribution < 1.29 is 0 Å².